The zero-order chi connectivity index (χ0) is 15.2. The first-order valence-corrected chi connectivity index (χ1v) is 7.91. The van der Waals surface area contributed by atoms with E-state index in [0.717, 1.165) is 31.7 Å². The fraction of sp³-hybridized carbons (Fsp3) is 0.500. The number of aryl methyl sites for hydroxylation is 2. The Balaban J connectivity index is 2.05. The highest BCUT2D eigenvalue weighted by Crippen LogP contribution is 2.15. The lowest BCUT2D eigenvalue weighted by atomic mass is 10.1. The number of nitrogens with zero attached hydrogens (tertiary/aromatic N) is 2. The fourth-order valence-corrected chi connectivity index (χ4v) is 2.63. The fourth-order valence-electron chi connectivity index (χ4n) is 2.63. The number of benzene rings is 1. The van der Waals surface area contributed by atoms with Crippen LogP contribution in [0.15, 0.2) is 24.3 Å². The Bertz CT molecular complexity index is 567. The normalized spacial score (nSPS) is 11.0. The first-order valence-electron chi connectivity index (χ1n) is 7.91. The molecule has 114 valence electrons. The van der Waals surface area contributed by atoms with Gasteiger partial charge >= 0.3 is 0 Å². The molecule has 1 heterocycles. The Hall–Kier alpha value is -1.61. The van der Waals surface area contributed by atoms with Gasteiger partial charge in [0.25, 0.3) is 0 Å². The minimum atomic E-state index is 0.856. The van der Waals surface area contributed by atoms with E-state index in [4.69, 9.17) is 5.10 Å². The molecule has 21 heavy (non-hydrogen) atoms. The predicted molar refractivity (Wildman–Crippen MR) is 88.8 cm³/mol. The second-order valence-electron chi connectivity index (χ2n) is 5.79. The Kier molecular flexibility index (Phi) is 5.57. The number of nitrogens with one attached hydrogen (secondary N) is 1. The average Bonchev–Trinajstić information content (AvgIpc) is 2.73. The molecule has 0 aliphatic carbocycles. The maximum absolute atomic E-state index is 4.72. The van der Waals surface area contributed by atoms with Crippen molar-refractivity contribution >= 4 is 0 Å². The van der Waals surface area contributed by atoms with Gasteiger partial charge in [-0.25, -0.2) is 0 Å². The minimum Gasteiger partial charge on any atom is -0.316 e. The molecule has 0 amide bonds. The molecule has 2 rings (SSSR count). The third-order valence-electron chi connectivity index (χ3n) is 3.96. The molecular weight excluding hydrogens is 258 g/mol. The summed E-state index contributed by atoms with van der Waals surface area (Å²) in [5.74, 6) is 0. The van der Waals surface area contributed by atoms with Crippen LogP contribution in [0.25, 0.3) is 0 Å². The van der Waals surface area contributed by atoms with E-state index in [1.807, 2.05) is 0 Å². The van der Waals surface area contributed by atoms with E-state index in [1.54, 1.807) is 0 Å². The topological polar surface area (TPSA) is 29.9 Å². The Labute approximate surface area is 128 Å². The highest BCUT2D eigenvalue weighted by atomic mass is 15.3. The molecule has 1 aromatic carbocycles. The second kappa shape index (κ2) is 7.41. The lowest BCUT2D eigenvalue weighted by molar-refractivity contribution is 0.653. The summed E-state index contributed by atoms with van der Waals surface area (Å²) in [6.45, 7) is 11.6. The number of hydrogen-bond donors (Lipinski definition) is 1. The summed E-state index contributed by atoms with van der Waals surface area (Å²) in [5, 5.41) is 8.18. The molecule has 0 saturated heterocycles. The summed E-state index contributed by atoms with van der Waals surface area (Å²) >= 11 is 0. The standard InChI is InChI=1S/C18H27N3/c1-5-11-19-12-10-18-15(3)20-21(16(18)4)13-17-8-6-14(2)7-9-17/h6-9,19H,5,10-13H2,1-4H3. The molecule has 0 radical (unpaired) electrons. The monoisotopic (exact) mass is 285 g/mol. The summed E-state index contributed by atoms with van der Waals surface area (Å²) in [6.07, 6.45) is 2.25. The van der Waals surface area contributed by atoms with Crippen LogP contribution < -0.4 is 5.32 Å². The highest BCUT2D eigenvalue weighted by molar-refractivity contribution is 5.27. The Morgan fingerprint density at radius 3 is 2.43 bits per heavy atom. The number of hydrogen-bond acceptors (Lipinski definition) is 2. The van der Waals surface area contributed by atoms with Crippen molar-refractivity contribution in [1.29, 1.82) is 0 Å². The van der Waals surface area contributed by atoms with Gasteiger partial charge in [-0.05, 0) is 57.8 Å². The van der Waals surface area contributed by atoms with E-state index in [1.165, 1.54) is 28.8 Å². The molecule has 3 nitrogen and oxygen atoms in total. The van der Waals surface area contributed by atoms with Gasteiger partial charge in [-0.2, -0.15) is 5.10 Å². The largest absolute Gasteiger partial charge is 0.316 e. The van der Waals surface area contributed by atoms with Crippen LogP contribution in [0.3, 0.4) is 0 Å². The lowest BCUT2D eigenvalue weighted by Gasteiger charge is -2.07. The Morgan fingerprint density at radius 1 is 1.05 bits per heavy atom. The maximum atomic E-state index is 4.72. The van der Waals surface area contributed by atoms with E-state index >= 15 is 0 Å². The molecule has 2 aromatic rings. The summed E-state index contributed by atoms with van der Waals surface area (Å²) in [4.78, 5) is 0. The van der Waals surface area contributed by atoms with Crippen LogP contribution in [0.4, 0.5) is 0 Å². The molecular formula is C18H27N3. The van der Waals surface area contributed by atoms with E-state index < -0.39 is 0 Å². The van der Waals surface area contributed by atoms with Gasteiger partial charge in [0, 0.05) is 5.69 Å². The molecule has 0 aliphatic rings. The summed E-state index contributed by atoms with van der Waals surface area (Å²) in [7, 11) is 0. The van der Waals surface area contributed by atoms with Crippen LogP contribution in [0.2, 0.25) is 0 Å². The molecule has 0 saturated carbocycles. The van der Waals surface area contributed by atoms with Crippen molar-refractivity contribution in [3.05, 3.63) is 52.3 Å². The van der Waals surface area contributed by atoms with Gasteiger partial charge in [-0.15, -0.1) is 0 Å². The summed E-state index contributed by atoms with van der Waals surface area (Å²) < 4.78 is 2.13. The zero-order valence-electron chi connectivity index (χ0n) is 13.7. The third-order valence-corrected chi connectivity index (χ3v) is 3.96. The first-order chi connectivity index (χ1) is 10.1. The highest BCUT2D eigenvalue weighted by Gasteiger charge is 2.11. The summed E-state index contributed by atoms with van der Waals surface area (Å²) in [5.41, 5.74) is 6.46. The van der Waals surface area contributed by atoms with Crippen molar-refractivity contribution in [3.63, 3.8) is 0 Å². The molecule has 0 unspecified atom stereocenters. The van der Waals surface area contributed by atoms with Crippen molar-refractivity contribution in [2.45, 2.75) is 47.1 Å². The van der Waals surface area contributed by atoms with Crippen LogP contribution in [-0.4, -0.2) is 22.9 Å². The van der Waals surface area contributed by atoms with Gasteiger partial charge in [0.05, 0.1) is 12.2 Å². The molecule has 0 fully saturated rings. The van der Waals surface area contributed by atoms with Gasteiger partial charge in [0.15, 0.2) is 0 Å². The average molecular weight is 285 g/mol. The van der Waals surface area contributed by atoms with Crippen LogP contribution in [0.1, 0.15) is 41.4 Å². The van der Waals surface area contributed by atoms with Gasteiger partial charge in [-0.3, -0.25) is 4.68 Å². The number of rotatable bonds is 7. The zero-order valence-corrected chi connectivity index (χ0v) is 13.7. The lowest BCUT2D eigenvalue weighted by Crippen LogP contribution is -2.18. The van der Waals surface area contributed by atoms with E-state index in [9.17, 15) is 0 Å². The molecule has 1 N–H and O–H groups in total. The smallest absolute Gasteiger partial charge is 0.0662 e. The molecule has 3 heteroatoms. The van der Waals surface area contributed by atoms with Crippen LogP contribution in [-0.2, 0) is 13.0 Å². The Morgan fingerprint density at radius 2 is 1.76 bits per heavy atom. The summed E-state index contributed by atoms with van der Waals surface area (Å²) in [6, 6.07) is 8.70. The van der Waals surface area contributed by atoms with Crippen molar-refractivity contribution in [1.82, 2.24) is 15.1 Å². The van der Waals surface area contributed by atoms with Crippen LogP contribution in [0, 0.1) is 20.8 Å². The van der Waals surface area contributed by atoms with Crippen LogP contribution in [0.5, 0.6) is 0 Å². The van der Waals surface area contributed by atoms with Crippen molar-refractivity contribution < 1.29 is 0 Å². The first kappa shape index (κ1) is 15.8. The van der Waals surface area contributed by atoms with Crippen molar-refractivity contribution in [3.8, 4) is 0 Å². The van der Waals surface area contributed by atoms with Gasteiger partial charge in [-0.1, -0.05) is 36.8 Å². The molecule has 0 atom stereocenters. The van der Waals surface area contributed by atoms with Gasteiger partial charge in [0.2, 0.25) is 0 Å². The van der Waals surface area contributed by atoms with Gasteiger partial charge in [0.1, 0.15) is 0 Å². The van der Waals surface area contributed by atoms with Crippen molar-refractivity contribution in [2.75, 3.05) is 13.1 Å². The van der Waals surface area contributed by atoms with E-state index in [-0.39, 0.29) is 0 Å². The quantitative estimate of drug-likeness (QED) is 0.790. The third kappa shape index (κ3) is 4.18. The molecule has 0 bridgehead atoms. The van der Waals surface area contributed by atoms with E-state index in [2.05, 4.69) is 62.0 Å². The minimum absolute atomic E-state index is 0.856. The van der Waals surface area contributed by atoms with Gasteiger partial charge < -0.3 is 5.32 Å². The molecule has 1 aromatic heterocycles. The maximum Gasteiger partial charge on any atom is 0.0662 e. The molecule has 0 spiro atoms. The van der Waals surface area contributed by atoms with Crippen LogP contribution >= 0.6 is 0 Å². The SMILES string of the molecule is CCCNCCc1c(C)nn(Cc2ccc(C)cc2)c1C. The van der Waals surface area contributed by atoms with Crippen molar-refractivity contribution in [2.24, 2.45) is 0 Å². The molecule has 0 aliphatic heterocycles. The second-order valence-corrected chi connectivity index (χ2v) is 5.79. The van der Waals surface area contributed by atoms with E-state index in [0.29, 0.717) is 0 Å². The predicted octanol–water partition coefficient (Wildman–Crippen LogP) is 3.40. The number of aromatic nitrogens is 2.